The van der Waals surface area contributed by atoms with E-state index in [0.717, 1.165) is 0 Å². The molecule has 0 radical (unpaired) electrons. The van der Waals surface area contributed by atoms with Crippen molar-refractivity contribution < 1.29 is 19.8 Å². The van der Waals surface area contributed by atoms with Gasteiger partial charge in [0.25, 0.3) is 1.43 Å². The fourth-order valence-corrected chi connectivity index (χ4v) is 0.139. The number of hydrogen-bond acceptors (Lipinski definition) is 3. The zero-order chi connectivity index (χ0) is 7.28. The minimum Gasteiger partial charge on any atom is -0.478 e. The van der Waals surface area contributed by atoms with Crippen molar-refractivity contribution in [2.45, 2.75) is 0 Å². The number of carbonyl (C=O) groups is 2. The Morgan fingerprint density at radius 1 is 1.38 bits per heavy atom. The van der Waals surface area contributed by atoms with Crippen LogP contribution >= 0.6 is 0 Å². The first kappa shape index (κ1) is 4.83. The highest BCUT2D eigenvalue weighted by molar-refractivity contribution is 5.89. The molecule has 0 aromatic heterocycles. The van der Waals surface area contributed by atoms with Crippen LogP contribution in [0.4, 0.5) is 0 Å². The van der Waals surface area contributed by atoms with Gasteiger partial charge in [0.1, 0.15) is 0 Å². The Labute approximate surface area is 46.5 Å². The van der Waals surface area contributed by atoms with Crippen molar-refractivity contribution >= 4 is 11.9 Å². The van der Waals surface area contributed by atoms with Crippen molar-refractivity contribution in [1.29, 1.82) is 1.43 Å². The first-order chi connectivity index (χ1) is 4.16. The van der Waals surface area contributed by atoms with Gasteiger partial charge in [0.15, 0.2) is 0 Å². The highest BCUT2D eigenvalue weighted by atomic mass is 16.4. The maximum absolute atomic E-state index is 9.96. The lowest BCUT2D eigenvalue weighted by molar-refractivity contribution is -0.134. The molecule has 0 spiro atoms. The highest BCUT2D eigenvalue weighted by Gasteiger charge is 1.88. The third-order valence-electron chi connectivity index (χ3n) is 0.362. The normalized spacial score (nSPS) is 10.8. The van der Waals surface area contributed by atoms with Crippen LogP contribution < -0.4 is 0 Å². The van der Waals surface area contributed by atoms with Gasteiger partial charge >= 0.3 is 11.9 Å². The molecule has 0 aliphatic heterocycles. The summed E-state index contributed by atoms with van der Waals surface area (Å²) in [5.41, 5.74) is 0. The third-order valence-corrected chi connectivity index (χ3v) is 0.362. The van der Waals surface area contributed by atoms with Crippen LogP contribution in [0.15, 0.2) is 12.2 Å². The van der Waals surface area contributed by atoms with Gasteiger partial charge in [-0.1, -0.05) is 0 Å². The molecule has 0 rings (SSSR count). The minimum atomic E-state index is -1.25. The predicted octanol–water partition coefficient (Wildman–Crippen LogP) is -0.288. The van der Waals surface area contributed by atoms with E-state index in [-0.39, 0.29) is 0 Å². The summed E-state index contributed by atoms with van der Waals surface area (Å²) in [7, 11) is 0. The Hall–Kier alpha value is -1.32. The van der Waals surface area contributed by atoms with E-state index in [0.29, 0.717) is 12.2 Å². The molecule has 0 atom stereocenters. The second-order valence-electron chi connectivity index (χ2n) is 0.991. The van der Waals surface area contributed by atoms with Crippen molar-refractivity contribution in [2.75, 3.05) is 0 Å². The average Bonchev–Trinajstić information content (AvgIpc) is 1.83. The second kappa shape index (κ2) is 2.79. The van der Waals surface area contributed by atoms with Crippen LogP contribution in [0.25, 0.3) is 1.43 Å². The SMILES string of the molecule is [2H]OC(=O)/C=C\C(=O)O. The zero-order valence-electron chi connectivity index (χ0n) is 4.83. The van der Waals surface area contributed by atoms with Crippen molar-refractivity contribution in [2.24, 2.45) is 0 Å². The van der Waals surface area contributed by atoms with Gasteiger partial charge in [-0.25, -0.2) is 9.59 Å². The van der Waals surface area contributed by atoms with Gasteiger partial charge in [0.05, 0.1) is 0 Å². The van der Waals surface area contributed by atoms with E-state index in [2.05, 4.69) is 5.11 Å². The van der Waals surface area contributed by atoms with Crippen LogP contribution in [0.5, 0.6) is 0 Å². The average molecular weight is 117 g/mol. The number of aliphatic carboxylic acids is 2. The lowest BCUT2D eigenvalue weighted by atomic mass is 10.5. The molecule has 8 heavy (non-hydrogen) atoms. The van der Waals surface area contributed by atoms with Crippen LogP contribution in [0.1, 0.15) is 0 Å². The molecule has 44 valence electrons. The smallest absolute Gasteiger partial charge is 0.328 e. The standard InChI is InChI=1S/C4H4O4/c5-3(6)1-2-4(7)8/h1-2H,(H,5,6)(H,7,8)/b2-1-/i/hD. The molecule has 0 bridgehead atoms. The van der Waals surface area contributed by atoms with Gasteiger partial charge in [0.2, 0.25) is 0 Å². The molecule has 0 aromatic carbocycles. The fourth-order valence-electron chi connectivity index (χ4n) is 0.139. The van der Waals surface area contributed by atoms with Crippen LogP contribution in [-0.4, -0.2) is 22.2 Å². The van der Waals surface area contributed by atoms with E-state index in [4.69, 9.17) is 6.54 Å². The van der Waals surface area contributed by atoms with Crippen molar-refractivity contribution in [3.05, 3.63) is 12.2 Å². The van der Waals surface area contributed by atoms with Crippen molar-refractivity contribution in [3.63, 3.8) is 0 Å². The molecular formula is C4H4O4. The summed E-state index contributed by atoms with van der Waals surface area (Å²) in [6.07, 6.45) is 1.24. The molecule has 4 nitrogen and oxygen atoms in total. The summed E-state index contributed by atoms with van der Waals surface area (Å²) in [5.74, 6) is -2.25. The molecule has 0 aliphatic rings. The zero-order valence-corrected chi connectivity index (χ0v) is 3.83. The first-order valence-electron chi connectivity index (χ1n) is 2.15. The Morgan fingerprint density at radius 3 is 2.25 bits per heavy atom. The Bertz CT molecular complexity index is 151. The molecule has 0 unspecified atom stereocenters. The summed E-state index contributed by atoms with van der Waals surface area (Å²) in [6.45, 7) is 0. The van der Waals surface area contributed by atoms with Crippen molar-refractivity contribution in [3.8, 4) is 0 Å². The summed E-state index contributed by atoms with van der Waals surface area (Å²) >= 11 is 0. The Kier molecular flexibility index (Phi) is 1.68. The van der Waals surface area contributed by atoms with Crippen LogP contribution in [0.3, 0.4) is 0 Å². The quantitative estimate of drug-likeness (QED) is 0.487. The third kappa shape index (κ3) is 4.68. The highest BCUT2D eigenvalue weighted by Crippen LogP contribution is 1.70. The van der Waals surface area contributed by atoms with Gasteiger partial charge in [-0.05, 0) is 0 Å². The number of carboxylic acid groups (broad SMARTS) is 2. The van der Waals surface area contributed by atoms with E-state index in [1.165, 1.54) is 0 Å². The summed E-state index contributed by atoms with van der Waals surface area (Å²) in [6, 6.07) is 0. The molecule has 0 heterocycles. The van der Waals surface area contributed by atoms with Gasteiger partial charge < -0.3 is 10.2 Å². The van der Waals surface area contributed by atoms with Crippen LogP contribution in [-0.2, 0) is 9.59 Å². The van der Waals surface area contributed by atoms with E-state index >= 15 is 0 Å². The molecule has 2 N–H and O–H groups in total. The monoisotopic (exact) mass is 117 g/mol. The van der Waals surface area contributed by atoms with Crippen LogP contribution in [0.2, 0.25) is 0 Å². The van der Waals surface area contributed by atoms with E-state index in [1.54, 1.807) is 0 Å². The molecule has 0 aliphatic carbocycles. The maximum atomic E-state index is 9.96. The molecule has 0 saturated heterocycles. The topological polar surface area (TPSA) is 74.6 Å². The van der Waals surface area contributed by atoms with E-state index in [9.17, 15) is 9.59 Å². The van der Waals surface area contributed by atoms with Gasteiger partial charge in [-0.2, -0.15) is 0 Å². The van der Waals surface area contributed by atoms with Gasteiger partial charge in [-0.15, -0.1) is 0 Å². The summed E-state index contributed by atoms with van der Waals surface area (Å²) < 4.78 is 5.96. The lowest BCUT2D eigenvalue weighted by Gasteiger charge is -1.74. The summed E-state index contributed by atoms with van der Waals surface area (Å²) in [5, 5.41) is 11.3. The largest absolute Gasteiger partial charge is 0.478 e. The predicted molar refractivity (Wildman–Crippen MR) is 24.4 cm³/mol. The van der Waals surface area contributed by atoms with Gasteiger partial charge in [0, 0.05) is 12.2 Å². The Balaban J connectivity index is 3.71. The Morgan fingerprint density at radius 2 is 1.88 bits per heavy atom. The number of carboxylic acids is 2. The minimum absolute atomic E-state index is 0.594. The van der Waals surface area contributed by atoms with E-state index in [1.807, 2.05) is 0 Å². The second-order valence-corrected chi connectivity index (χ2v) is 0.991. The molecule has 0 aromatic rings. The molecule has 0 amide bonds. The van der Waals surface area contributed by atoms with Crippen LogP contribution in [0, 0.1) is 0 Å². The molecule has 4 heteroatoms. The fraction of sp³-hybridized carbons (Fsp3) is 0. The number of hydrogen-bond donors (Lipinski definition) is 2. The first-order valence-corrected chi connectivity index (χ1v) is 1.75. The number of rotatable bonds is 2. The van der Waals surface area contributed by atoms with Gasteiger partial charge in [-0.3, -0.25) is 0 Å². The molecular weight excluding hydrogens is 112 g/mol. The molecule has 0 saturated carbocycles. The summed E-state index contributed by atoms with van der Waals surface area (Å²) in [4.78, 5) is 19.6. The molecule has 0 fully saturated rings. The maximum Gasteiger partial charge on any atom is 0.328 e. The van der Waals surface area contributed by atoms with Crippen molar-refractivity contribution in [1.82, 2.24) is 0 Å². The lowest BCUT2D eigenvalue weighted by Crippen LogP contribution is -1.91. The van der Waals surface area contributed by atoms with E-state index < -0.39 is 11.9 Å².